The normalized spacial score (nSPS) is 19.6. The van der Waals surface area contributed by atoms with Gasteiger partial charge in [0.2, 0.25) is 5.91 Å². The fourth-order valence-electron chi connectivity index (χ4n) is 1.86. The zero-order valence-corrected chi connectivity index (χ0v) is 11.2. The van der Waals surface area contributed by atoms with Gasteiger partial charge in [-0.15, -0.1) is 0 Å². The first-order chi connectivity index (χ1) is 7.23. The van der Waals surface area contributed by atoms with Gasteiger partial charge in [-0.2, -0.15) is 0 Å². The second kappa shape index (κ2) is 4.72. The molecule has 0 spiro atoms. The van der Waals surface area contributed by atoms with Crippen LogP contribution in [0.15, 0.2) is 0 Å². The van der Waals surface area contributed by atoms with E-state index in [1.54, 1.807) is 0 Å². The maximum absolute atomic E-state index is 12.2. The van der Waals surface area contributed by atoms with E-state index >= 15 is 0 Å². The standard InChI is InChI=1S/C12H25N3O/c1-11(2,3)14-10(16)12(4,5)15-8-6-13-7-9-15/h13H,6-9H2,1-5H3,(H,14,16). The molecule has 0 aromatic heterocycles. The third-order valence-corrected chi connectivity index (χ3v) is 2.95. The molecule has 0 aromatic carbocycles. The molecule has 1 amide bonds. The minimum absolute atomic E-state index is 0.113. The Morgan fingerprint density at radius 2 is 1.62 bits per heavy atom. The molecule has 0 bridgehead atoms. The zero-order valence-electron chi connectivity index (χ0n) is 11.2. The van der Waals surface area contributed by atoms with Crippen LogP contribution in [0.4, 0.5) is 0 Å². The summed E-state index contributed by atoms with van der Waals surface area (Å²) in [4.78, 5) is 14.4. The second-order valence-electron chi connectivity index (χ2n) is 6.00. The average Bonchev–Trinajstić information content (AvgIpc) is 2.16. The summed E-state index contributed by atoms with van der Waals surface area (Å²) in [5.74, 6) is 0.113. The molecule has 0 unspecified atom stereocenters. The molecule has 1 saturated heterocycles. The van der Waals surface area contributed by atoms with Crippen LogP contribution in [-0.4, -0.2) is 48.1 Å². The van der Waals surface area contributed by atoms with Gasteiger partial charge in [0.1, 0.15) is 0 Å². The van der Waals surface area contributed by atoms with Crippen molar-refractivity contribution in [2.75, 3.05) is 26.2 Å². The van der Waals surface area contributed by atoms with Gasteiger partial charge in [-0.25, -0.2) is 0 Å². The Morgan fingerprint density at radius 3 is 2.06 bits per heavy atom. The fraction of sp³-hybridized carbons (Fsp3) is 0.917. The Balaban J connectivity index is 2.64. The van der Waals surface area contributed by atoms with Gasteiger partial charge in [0, 0.05) is 31.7 Å². The van der Waals surface area contributed by atoms with Crippen LogP contribution in [0.25, 0.3) is 0 Å². The number of nitrogens with zero attached hydrogens (tertiary/aromatic N) is 1. The van der Waals surface area contributed by atoms with E-state index < -0.39 is 5.54 Å². The van der Waals surface area contributed by atoms with Crippen molar-refractivity contribution < 1.29 is 4.79 Å². The SMILES string of the molecule is CC(C)(C)NC(=O)C(C)(C)N1CCNCC1. The van der Waals surface area contributed by atoms with Gasteiger partial charge in [-0.1, -0.05) is 0 Å². The Morgan fingerprint density at radius 1 is 1.12 bits per heavy atom. The molecule has 0 radical (unpaired) electrons. The van der Waals surface area contributed by atoms with Crippen LogP contribution >= 0.6 is 0 Å². The summed E-state index contributed by atoms with van der Waals surface area (Å²) >= 11 is 0. The Hall–Kier alpha value is -0.610. The van der Waals surface area contributed by atoms with Crippen molar-refractivity contribution in [3.05, 3.63) is 0 Å². The minimum Gasteiger partial charge on any atom is -0.350 e. The molecule has 1 aliphatic heterocycles. The Kier molecular flexibility index (Phi) is 3.97. The van der Waals surface area contributed by atoms with Gasteiger partial charge in [-0.3, -0.25) is 9.69 Å². The van der Waals surface area contributed by atoms with Crippen LogP contribution in [0, 0.1) is 0 Å². The summed E-state index contributed by atoms with van der Waals surface area (Å²) in [6, 6.07) is 0. The van der Waals surface area contributed by atoms with E-state index in [0.717, 1.165) is 26.2 Å². The summed E-state index contributed by atoms with van der Waals surface area (Å²) in [5, 5.41) is 6.36. The van der Waals surface area contributed by atoms with Crippen LogP contribution in [0.5, 0.6) is 0 Å². The third-order valence-electron chi connectivity index (χ3n) is 2.95. The molecule has 1 fully saturated rings. The van der Waals surface area contributed by atoms with Crippen LogP contribution in [0.3, 0.4) is 0 Å². The summed E-state index contributed by atoms with van der Waals surface area (Å²) < 4.78 is 0. The van der Waals surface area contributed by atoms with E-state index in [9.17, 15) is 4.79 Å². The molecule has 0 atom stereocenters. The van der Waals surface area contributed by atoms with Crippen molar-refractivity contribution in [3.63, 3.8) is 0 Å². The van der Waals surface area contributed by atoms with E-state index in [1.807, 2.05) is 34.6 Å². The molecule has 2 N–H and O–H groups in total. The molecule has 1 aliphatic rings. The number of piperazine rings is 1. The van der Waals surface area contributed by atoms with Crippen molar-refractivity contribution in [2.24, 2.45) is 0 Å². The first kappa shape index (κ1) is 13.5. The number of carbonyl (C=O) groups is 1. The highest BCUT2D eigenvalue weighted by Gasteiger charge is 2.36. The number of rotatable bonds is 2. The molecule has 1 heterocycles. The highest BCUT2D eigenvalue weighted by molar-refractivity contribution is 5.86. The van der Waals surface area contributed by atoms with Crippen LogP contribution in [-0.2, 0) is 4.79 Å². The van der Waals surface area contributed by atoms with Crippen molar-refractivity contribution in [3.8, 4) is 0 Å². The second-order valence-corrected chi connectivity index (χ2v) is 6.00. The largest absolute Gasteiger partial charge is 0.350 e. The maximum Gasteiger partial charge on any atom is 0.240 e. The van der Waals surface area contributed by atoms with E-state index in [-0.39, 0.29) is 11.4 Å². The minimum atomic E-state index is -0.421. The predicted octanol–water partition coefficient (Wildman–Crippen LogP) is 0.585. The lowest BCUT2D eigenvalue weighted by atomic mass is 9.98. The van der Waals surface area contributed by atoms with Crippen molar-refractivity contribution in [2.45, 2.75) is 45.7 Å². The third kappa shape index (κ3) is 3.46. The van der Waals surface area contributed by atoms with E-state index in [0.29, 0.717) is 0 Å². The average molecular weight is 227 g/mol. The zero-order chi connectivity index (χ0) is 12.4. The predicted molar refractivity (Wildman–Crippen MR) is 66.4 cm³/mol. The smallest absolute Gasteiger partial charge is 0.240 e. The quantitative estimate of drug-likeness (QED) is 0.725. The van der Waals surface area contributed by atoms with E-state index in [4.69, 9.17) is 0 Å². The van der Waals surface area contributed by atoms with Crippen LogP contribution in [0.1, 0.15) is 34.6 Å². The number of hydrogen-bond acceptors (Lipinski definition) is 3. The number of nitrogens with one attached hydrogen (secondary N) is 2. The van der Waals surface area contributed by atoms with Gasteiger partial charge in [0.25, 0.3) is 0 Å². The lowest BCUT2D eigenvalue weighted by Crippen LogP contribution is -2.62. The Bertz CT molecular complexity index is 249. The lowest BCUT2D eigenvalue weighted by molar-refractivity contribution is -0.133. The van der Waals surface area contributed by atoms with Gasteiger partial charge in [0.05, 0.1) is 5.54 Å². The van der Waals surface area contributed by atoms with Crippen molar-refractivity contribution >= 4 is 5.91 Å². The number of hydrogen-bond donors (Lipinski definition) is 2. The molecular formula is C12H25N3O. The van der Waals surface area contributed by atoms with Crippen molar-refractivity contribution in [1.82, 2.24) is 15.5 Å². The highest BCUT2D eigenvalue weighted by atomic mass is 16.2. The topological polar surface area (TPSA) is 44.4 Å². The summed E-state index contributed by atoms with van der Waals surface area (Å²) in [5.41, 5.74) is -0.586. The monoisotopic (exact) mass is 227 g/mol. The van der Waals surface area contributed by atoms with Gasteiger partial charge < -0.3 is 10.6 Å². The molecule has 4 heteroatoms. The van der Waals surface area contributed by atoms with E-state index in [2.05, 4.69) is 15.5 Å². The van der Waals surface area contributed by atoms with Gasteiger partial charge in [-0.05, 0) is 34.6 Å². The number of amides is 1. The number of carbonyl (C=O) groups excluding carboxylic acids is 1. The maximum atomic E-state index is 12.2. The summed E-state index contributed by atoms with van der Waals surface area (Å²) in [6.07, 6.45) is 0. The molecular weight excluding hydrogens is 202 g/mol. The lowest BCUT2D eigenvalue weighted by Gasteiger charge is -2.41. The first-order valence-electron chi connectivity index (χ1n) is 6.02. The first-order valence-corrected chi connectivity index (χ1v) is 6.02. The molecule has 0 aliphatic carbocycles. The van der Waals surface area contributed by atoms with E-state index in [1.165, 1.54) is 0 Å². The summed E-state index contributed by atoms with van der Waals surface area (Å²) in [6.45, 7) is 13.8. The van der Waals surface area contributed by atoms with Gasteiger partial charge in [0.15, 0.2) is 0 Å². The Labute approximate surface area is 98.8 Å². The molecule has 16 heavy (non-hydrogen) atoms. The highest BCUT2D eigenvalue weighted by Crippen LogP contribution is 2.16. The molecule has 0 aromatic rings. The fourth-order valence-corrected chi connectivity index (χ4v) is 1.86. The van der Waals surface area contributed by atoms with Crippen LogP contribution in [0.2, 0.25) is 0 Å². The molecule has 0 saturated carbocycles. The summed E-state index contributed by atoms with van der Waals surface area (Å²) in [7, 11) is 0. The molecule has 4 nitrogen and oxygen atoms in total. The van der Waals surface area contributed by atoms with Crippen molar-refractivity contribution in [1.29, 1.82) is 0 Å². The molecule has 1 rings (SSSR count). The van der Waals surface area contributed by atoms with Crippen LogP contribution < -0.4 is 10.6 Å². The van der Waals surface area contributed by atoms with Gasteiger partial charge >= 0.3 is 0 Å². The molecule has 94 valence electrons.